The average Bonchev–Trinajstić information content (AvgIpc) is 2.89. The number of anilines is 1. The van der Waals surface area contributed by atoms with Gasteiger partial charge >= 0.3 is 0 Å². The highest BCUT2D eigenvalue weighted by molar-refractivity contribution is 7.92. The molecule has 0 radical (unpaired) electrons. The molecule has 0 bridgehead atoms. The van der Waals surface area contributed by atoms with Gasteiger partial charge in [0.2, 0.25) is 21.8 Å². The van der Waals surface area contributed by atoms with Gasteiger partial charge in [-0.1, -0.05) is 66.2 Å². The highest BCUT2D eigenvalue weighted by Gasteiger charge is 2.34. The number of carbonyl (C=O) groups is 3. The van der Waals surface area contributed by atoms with Crippen LogP contribution in [0.25, 0.3) is 0 Å². The van der Waals surface area contributed by atoms with Gasteiger partial charge in [0, 0.05) is 29.1 Å². The maximum absolute atomic E-state index is 14.1. The molecule has 0 aliphatic carbocycles. The number of rotatable bonds is 11. The van der Waals surface area contributed by atoms with Crippen LogP contribution in [0.1, 0.15) is 49.2 Å². The second-order valence-electron chi connectivity index (χ2n) is 11.0. The number of sulfonamides is 1. The van der Waals surface area contributed by atoms with Gasteiger partial charge in [0.15, 0.2) is 5.78 Å². The second-order valence-corrected chi connectivity index (χ2v) is 13.3. The van der Waals surface area contributed by atoms with Crippen molar-refractivity contribution in [3.8, 4) is 0 Å². The lowest BCUT2D eigenvalue weighted by Gasteiger charge is -2.35. The second kappa shape index (κ2) is 13.3. The minimum absolute atomic E-state index is 0.0379. The Morgan fingerprint density at radius 3 is 2.10 bits per heavy atom. The molecule has 0 aromatic heterocycles. The molecular formula is C31H36ClN3O5S. The molecule has 2 amide bonds. The Balaban J connectivity index is 2.09. The Kier molecular flexibility index (Phi) is 10.3. The molecule has 1 atom stereocenters. The normalized spacial score (nSPS) is 12.3. The third-order valence-corrected chi connectivity index (χ3v) is 7.65. The van der Waals surface area contributed by atoms with Crippen LogP contribution in [0, 0.1) is 0 Å². The number of amides is 2. The van der Waals surface area contributed by atoms with Gasteiger partial charge in [-0.05, 0) is 63.1 Å². The van der Waals surface area contributed by atoms with Crippen molar-refractivity contribution in [2.75, 3.05) is 17.1 Å². The number of halogens is 1. The van der Waals surface area contributed by atoms with Crippen LogP contribution in [0.15, 0.2) is 78.9 Å². The predicted octanol–water partition coefficient (Wildman–Crippen LogP) is 4.86. The van der Waals surface area contributed by atoms with Crippen molar-refractivity contribution in [3.63, 3.8) is 0 Å². The summed E-state index contributed by atoms with van der Waals surface area (Å²) >= 11 is 6.08. The molecule has 10 heteroatoms. The lowest BCUT2D eigenvalue weighted by Crippen LogP contribution is -2.56. The Labute approximate surface area is 247 Å². The summed E-state index contributed by atoms with van der Waals surface area (Å²) in [4.78, 5) is 41.2. The standard InChI is InChI=1S/C31H36ClN3O5S/c1-22(36)25-12-9-13-27(19-25)35(41(5,39)40)21-29(37)34(20-24-14-16-26(32)17-15-24)28(30(38)33-31(2,3)4)18-23-10-7-6-8-11-23/h6-17,19,28H,18,20-21H2,1-5H3,(H,33,38)/t28-/m1/s1. The van der Waals surface area contributed by atoms with E-state index in [1.54, 1.807) is 36.4 Å². The fraction of sp³-hybridized carbons (Fsp3) is 0.323. The number of carbonyl (C=O) groups excluding carboxylic acids is 3. The van der Waals surface area contributed by atoms with Crippen LogP contribution in [-0.4, -0.2) is 55.3 Å². The molecule has 41 heavy (non-hydrogen) atoms. The van der Waals surface area contributed by atoms with Crippen LogP contribution < -0.4 is 9.62 Å². The van der Waals surface area contributed by atoms with Crippen molar-refractivity contribution >= 4 is 44.9 Å². The lowest BCUT2D eigenvalue weighted by molar-refractivity contribution is -0.140. The van der Waals surface area contributed by atoms with E-state index >= 15 is 0 Å². The molecule has 0 saturated heterocycles. The smallest absolute Gasteiger partial charge is 0.244 e. The quantitative estimate of drug-likeness (QED) is 0.318. The first kappa shape index (κ1) is 31.8. The third kappa shape index (κ3) is 9.43. The van der Waals surface area contributed by atoms with E-state index < -0.39 is 34.1 Å². The SMILES string of the molecule is CC(=O)c1cccc(N(CC(=O)N(Cc2ccc(Cl)cc2)[C@H](Cc2ccccc2)C(=O)NC(C)(C)C)S(C)(=O)=O)c1. The fourth-order valence-electron chi connectivity index (χ4n) is 4.29. The van der Waals surface area contributed by atoms with Crippen LogP contribution >= 0.6 is 11.6 Å². The third-order valence-electron chi connectivity index (χ3n) is 6.26. The van der Waals surface area contributed by atoms with Crippen molar-refractivity contribution in [3.05, 3.63) is 101 Å². The summed E-state index contributed by atoms with van der Waals surface area (Å²) in [6, 6.07) is 21.4. The Hall–Kier alpha value is -3.69. The number of hydrogen-bond acceptors (Lipinski definition) is 5. The topological polar surface area (TPSA) is 104 Å². The molecule has 0 aliphatic rings. The first-order valence-corrected chi connectivity index (χ1v) is 15.4. The number of ketones is 1. The van der Waals surface area contributed by atoms with Gasteiger partial charge < -0.3 is 10.2 Å². The molecule has 0 spiro atoms. The number of benzene rings is 3. The summed E-state index contributed by atoms with van der Waals surface area (Å²) in [5.41, 5.74) is 1.47. The van der Waals surface area contributed by atoms with E-state index in [0.717, 1.165) is 16.1 Å². The number of nitrogens with zero attached hydrogens (tertiary/aromatic N) is 2. The highest BCUT2D eigenvalue weighted by Crippen LogP contribution is 2.22. The Morgan fingerprint density at radius 1 is 0.902 bits per heavy atom. The largest absolute Gasteiger partial charge is 0.350 e. The van der Waals surface area contributed by atoms with Crippen LogP contribution in [0.4, 0.5) is 5.69 Å². The number of nitrogens with one attached hydrogen (secondary N) is 1. The minimum atomic E-state index is -3.94. The van der Waals surface area contributed by atoms with Crippen LogP contribution in [0.3, 0.4) is 0 Å². The average molecular weight is 598 g/mol. The van der Waals surface area contributed by atoms with Gasteiger partial charge in [-0.3, -0.25) is 18.7 Å². The Bertz CT molecular complexity index is 1490. The zero-order valence-corrected chi connectivity index (χ0v) is 25.5. The van der Waals surface area contributed by atoms with Crippen LogP contribution in [0.2, 0.25) is 5.02 Å². The lowest BCUT2D eigenvalue weighted by atomic mass is 10.0. The minimum Gasteiger partial charge on any atom is -0.350 e. The van der Waals surface area contributed by atoms with Gasteiger partial charge in [0.25, 0.3) is 0 Å². The van der Waals surface area contributed by atoms with E-state index in [0.29, 0.717) is 16.1 Å². The van der Waals surface area contributed by atoms with Crippen LogP contribution in [0.5, 0.6) is 0 Å². The molecule has 3 aromatic rings. The molecule has 1 N–H and O–H groups in total. The zero-order chi connectivity index (χ0) is 30.4. The maximum atomic E-state index is 14.1. The van der Waals surface area contributed by atoms with E-state index in [-0.39, 0.29) is 30.3 Å². The molecule has 0 heterocycles. The number of hydrogen-bond donors (Lipinski definition) is 1. The van der Waals surface area contributed by atoms with Crippen molar-refractivity contribution in [1.29, 1.82) is 0 Å². The molecule has 0 fully saturated rings. The monoisotopic (exact) mass is 597 g/mol. The van der Waals surface area contributed by atoms with Gasteiger partial charge in [0.1, 0.15) is 12.6 Å². The highest BCUT2D eigenvalue weighted by atomic mass is 35.5. The summed E-state index contributed by atoms with van der Waals surface area (Å²) in [6.45, 7) is 6.40. The van der Waals surface area contributed by atoms with Crippen molar-refractivity contribution < 1.29 is 22.8 Å². The summed E-state index contributed by atoms with van der Waals surface area (Å²) in [5.74, 6) is -1.19. The summed E-state index contributed by atoms with van der Waals surface area (Å²) in [5, 5.41) is 3.50. The molecule has 3 aromatic carbocycles. The Morgan fingerprint density at radius 2 is 1.54 bits per heavy atom. The summed E-state index contributed by atoms with van der Waals surface area (Å²) in [7, 11) is -3.94. The van der Waals surface area contributed by atoms with E-state index in [1.165, 1.54) is 24.0 Å². The first-order chi connectivity index (χ1) is 19.1. The molecular weight excluding hydrogens is 562 g/mol. The van der Waals surface area contributed by atoms with E-state index in [4.69, 9.17) is 11.6 Å². The maximum Gasteiger partial charge on any atom is 0.244 e. The summed E-state index contributed by atoms with van der Waals surface area (Å²) < 4.78 is 26.8. The molecule has 0 unspecified atom stereocenters. The molecule has 0 saturated carbocycles. The van der Waals surface area contributed by atoms with Gasteiger partial charge in [0.05, 0.1) is 11.9 Å². The van der Waals surface area contributed by atoms with Crippen molar-refractivity contribution in [2.24, 2.45) is 0 Å². The summed E-state index contributed by atoms with van der Waals surface area (Å²) in [6.07, 6.45) is 1.21. The van der Waals surface area contributed by atoms with Crippen molar-refractivity contribution in [2.45, 2.75) is 52.2 Å². The zero-order valence-electron chi connectivity index (χ0n) is 23.9. The van der Waals surface area contributed by atoms with E-state index in [2.05, 4.69) is 5.32 Å². The predicted molar refractivity (Wildman–Crippen MR) is 162 cm³/mol. The van der Waals surface area contributed by atoms with Gasteiger partial charge in [-0.15, -0.1) is 0 Å². The van der Waals surface area contributed by atoms with Gasteiger partial charge in [-0.2, -0.15) is 0 Å². The van der Waals surface area contributed by atoms with Crippen molar-refractivity contribution in [1.82, 2.24) is 10.2 Å². The fourth-order valence-corrected chi connectivity index (χ4v) is 5.25. The molecule has 218 valence electrons. The van der Waals surface area contributed by atoms with E-state index in [9.17, 15) is 22.8 Å². The first-order valence-electron chi connectivity index (χ1n) is 13.1. The molecule has 3 rings (SSSR count). The van der Waals surface area contributed by atoms with E-state index in [1.807, 2.05) is 51.1 Å². The van der Waals surface area contributed by atoms with Crippen LogP contribution in [-0.2, 0) is 32.6 Å². The molecule has 8 nitrogen and oxygen atoms in total. The molecule has 0 aliphatic heterocycles. The van der Waals surface area contributed by atoms with Gasteiger partial charge in [-0.25, -0.2) is 8.42 Å². The number of Topliss-reactive ketones (excluding diaryl/α,β-unsaturated/α-hetero) is 1.